The van der Waals surface area contributed by atoms with Crippen molar-refractivity contribution in [3.05, 3.63) is 34.1 Å². The Hall–Kier alpha value is -0.450. The number of hydrogen-bond donors (Lipinski definition) is 1. The van der Waals surface area contributed by atoms with Gasteiger partial charge in [0.25, 0.3) is 0 Å². The third-order valence-electron chi connectivity index (χ3n) is 3.58. The van der Waals surface area contributed by atoms with Gasteiger partial charge in [-0.3, -0.25) is 0 Å². The molecule has 1 aliphatic rings. The highest BCUT2D eigenvalue weighted by molar-refractivity contribution is 9.10. The smallest absolute Gasteiger partial charge is 0.129 e. The Morgan fingerprint density at radius 2 is 1.89 bits per heavy atom. The minimum absolute atomic E-state index is 0.285. The zero-order chi connectivity index (χ0) is 13.8. The van der Waals surface area contributed by atoms with Crippen LogP contribution < -0.4 is 0 Å². The Morgan fingerprint density at radius 3 is 2.39 bits per heavy atom. The Balaban J connectivity index is 2.58. The lowest BCUT2D eigenvalue weighted by Gasteiger charge is -2.35. The van der Waals surface area contributed by atoms with Crippen LogP contribution in [-0.4, -0.2) is 16.3 Å². The average molecular weight is 317 g/mol. The largest absolute Gasteiger partial charge is 0.382 e. The summed E-state index contributed by atoms with van der Waals surface area (Å²) in [7, 11) is 0. The fourth-order valence-corrected chi connectivity index (χ4v) is 3.24. The van der Waals surface area contributed by atoms with Gasteiger partial charge in [-0.15, -0.1) is 0 Å². The molecular weight excluding hydrogens is 299 g/mol. The van der Waals surface area contributed by atoms with Gasteiger partial charge in [0, 0.05) is 16.5 Å². The summed E-state index contributed by atoms with van der Waals surface area (Å²) in [4.78, 5) is 0. The third-order valence-corrected chi connectivity index (χ3v) is 4.08. The molecule has 1 unspecified atom stereocenters. The highest BCUT2D eigenvalue weighted by Gasteiger charge is 2.58. The van der Waals surface area contributed by atoms with Crippen LogP contribution in [0.25, 0.3) is 0 Å². The van der Waals surface area contributed by atoms with Gasteiger partial charge < -0.3 is 9.84 Å². The molecule has 0 saturated carbocycles. The Kier molecular flexibility index (Phi) is 3.12. The summed E-state index contributed by atoms with van der Waals surface area (Å²) in [5.41, 5.74) is -2.36. The van der Waals surface area contributed by atoms with Gasteiger partial charge in [0.2, 0.25) is 0 Å². The molecule has 0 bridgehead atoms. The van der Waals surface area contributed by atoms with E-state index in [0.717, 1.165) is 4.47 Å². The monoisotopic (exact) mass is 316 g/mol. The maximum atomic E-state index is 14.0. The number of halogens is 2. The molecule has 1 aromatic rings. The molecule has 0 aromatic heterocycles. The Morgan fingerprint density at radius 1 is 1.28 bits per heavy atom. The zero-order valence-corrected chi connectivity index (χ0v) is 12.6. The fraction of sp³-hybridized carbons (Fsp3) is 0.571. The Labute approximate surface area is 115 Å². The molecular formula is C14H18BrFO2. The van der Waals surface area contributed by atoms with E-state index in [1.165, 1.54) is 6.07 Å². The van der Waals surface area contributed by atoms with Gasteiger partial charge in [0.1, 0.15) is 11.4 Å². The lowest BCUT2D eigenvalue weighted by molar-refractivity contribution is -0.130. The van der Waals surface area contributed by atoms with Gasteiger partial charge in [-0.1, -0.05) is 15.9 Å². The summed E-state index contributed by atoms with van der Waals surface area (Å²) in [5, 5.41) is 10.9. The van der Waals surface area contributed by atoms with E-state index in [4.69, 9.17) is 4.74 Å². The van der Waals surface area contributed by atoms with Gasteiger partial charge in [-0.25, -0.2) is 4.39 Å². The molecule has 2 rings (SSSR count). The van der Waals surface area contributed by atoms with Crippen LogP contribution in [0, 0.1) is 5.82 Å². The number of hydrogen-bond acceptors (Lipinski definition) is 2. The first kappa shape index (κ1) is 14.0. The van der Waals surface area contributed by atoms with E-state index in [0.29, 0.717) is 6.42 Å². The summed E-state index contributed by atoms with van der Waals surface area (Å²) in [6.45, 7) is 7.40. The molecule has 4 heteroatoms. The van der Waals surface area contributed by atoms with Crippen molar-refractivity contribution in [2.24, 2.45) is 0 Å². The molecule has 100 valence electrons. The van der Waals surface area contributed by atoms with Crippen LogP contribution in [0.15, 0.2) is 22.7 Å². The van der Waals surface area contributed by atoms with E-state index in [9.17, 15) is 9.50 Å². The number of rotatable bonds is 1. The third kappa shape index (κ3) is 2.10. The molecule has 1 fully saturated rings. The first-order valence-corrected chi connectivity index (χ1v) is 6.75. The molecule has 0 spiro atoms. The number of ether oxygens (including phenoxy) is 1. The lowest BCUT2D eigenvalue weighted by Crippen LogP contribution is -2.44. The zero-order valence-electron chi connectivity index (χ0n) is 11.1. The minimum atomic E-state index is -1.33. The number of aliphatic hydroxyl groups is 1. The van der Waals surface area contributed by atoms with Crippen molar-refractivity contribution < 1.29 is 14.2 Å². The van der Waals surface area contributed by atoms with Crippen molar-refractivity contribution in [2.45, 2.75) is 50.9 Å². The van der Waals surface area contributed by atoms with Crippen LogP contribution in [0.4, 0.5) is 4.39 Å². The van der Waals surface area contributed by atoms with Crippen molar-refractivity contribution in [3.63, 3.8) is 0 Å². The van der Waals surface area contributed by atoms with Gasteiger partial charge in [-0.05, 0) is 45.9 Å². The van der Waals surface area contributed by atoms with E-state index in [2.05, 4.69) is 15.9 Å². The summed E-state index contributed by atoms with van der Waals surface area (Å²) in [6, 6.07) is 4.61. The second-order valence-corrected chi connectivity index (χ2v) is 6.95. The van der Waals surface area contributed by atoms with Crippen molar-refractivity contribution in [1.82, 2.24) is 0 Å². The van der Waals surface area contributed by atoms with Crippen LogP contribution in [0.1, 0.15) is 39.7 Å². The predicted molar refractivity (Wildman–Crippen MR) is 71.9 cm³/mol. The topological polar surface area (TPSA) is 29.5 Å². The summed E-state index contributed by atoms with van der Waals surface area (Å²) in [5.74, 6) is -0.407. The van der Waals surface area contributed by atoms with E-state index in [-0.39, 0.29) is 5.56 Å². The normalized spacial score (nSPS) is 29.5. The van der Waals surface area contributed by atoms with Gasteiger partial charge >= 0.3 is 0 Å². The van der Waals surface area contributed by atoms with Gasteiger partial charge in [-0.2, -0.15) is 0 Å². The van der Waals surface area contributed by atoms with E-state index in [1.807, 2.05) is 13.8 Å². The van der Waals surface area contributed by atoms with E-state index < -0.39 is 22.6 Å². The van der Waals surface area contributed by atoms with Crippen molar-refractivity contribution >= 4 is 15.9 Å². The van der Waals surface area contributed by atoms with Crippen molar-refractivity contribution in [1.29, 1.82) is 0 Å². The van der Waals surface area contributed by atoms with E-state index >= 15 is 0 Å². The molecule has 18 heavy (non-hydrogen) atoms. The molecule has 1 N–H and O–H groups in total. The quantitative estimate of drug-likeness (QED) is 0.855. The molecule has 1 atom stereocenters. The summed E-state index contributed by atoms with van der Waals surface area (Å²) < 4.78 is 20.6. The molecule has 0 amide bonds. The average Bonchev–Trinajstić information content (AvgIpc) is 2.35. The second kappa shape index (κ2) is 4.02. The van der Waals surface area contributed by atoms with E-state index in [1.54, 1.807) is 26.0 Å². The molecule has 0 radical (unpaired) electrons. The standard InChI is InChI=1S/C14H18BrFO2/c1-12(2)8-14(17,13(3,4)18-12)10-7-9(15)5-6-11(10)16/h5-7,17H,8H2,1-4H3. The van der Waals surface area contributed by atoms with Crippen LogP contribution >= 0.6 is 15.9 Å². The van der Waals surface area contributed by atoms with Crippen LogP contribution in [0.2, 0.25) is 0 Å². The van der Waals surface area contributed by atoms with Crippen molar-refractivity contribution in [2.75, 3.05) is 0 Å². The Bertz CT molecular complexity index is 485. The van der Waals surface area contributed by atoms with Crippen LogP contribution in [0.5, 0.6) is 0 Å². The summed E-state index contributed by atoms with van der Waals surface area (Å²) in [6.07, 6.45) is 0.361. The molecule has 0 aliphatic carbocycles. The highest BCUT2D eigenvalue weighted by Crippen LogP contribution is 2.51. The fourth-order valence-electron chi connectivity index (χ4n) is 2.87. The molecule has 1 aliphatic heterocycles. The first-order chi connectivity index (χ1) is 8.07. The number of benzene rings is 1. The minimum Gasteiger partial charge on any atom is -0.382 e. The second-order valence-electron chi connectivity index (χ2n) is 6.03. The molecule has 1 saturated heterocycles. The molecule has 1 heterocycles. The van der Waals surface area contributed by atoms with Crippen molar-refractivity contribution in [3.8, 4) is 0 Å². The maximum Gasteiger partial charge on any atom is 0.129 e. The predicted octanol–water partition coefficient (Wildman–Crippen LogP) is 3.75. The maximum absolute atomic E-state index is 14.0. The van der Waals surface area contributed by atoms with Gasteiger partial charge in [0.15, 0.2) is 0 Å². The molecule has 1 aromatic carbocycles. The van der Waals surface area contributed by atoms with Crippen LogP contribution in [-0.2, 0) is 10.3 Å². The summed E-state index contributed by atoms with van der Waals surface area (Å²) >= 11 is 3.32. The van der Waals surface area contributed by atoms with Gasteiger partial charge in [0.05, 0.1) is 11.2 Å². The van der Waals surface area contributed by atoms with Crippen LogP contribution in [0.3, 0.4) is 0 Å². The highest BCUT2D eigenvalue weighted by atomic mass is 79.9. The first-order valence-electron chi connectivity index (χ1n) is 5.95. The lowest BCUT2D eigenvalue weighted by atomic mass is 9.77. The SMILES string of the molecule is CC1(C)CC(O)(c2cc(Br)ccc2F)C(C)(C)O1. The molecule has 2 nitrogen and oxygen atoms in total.